The quantitative estimate of drug-likeness (QED) is 0.908. The van der Waals surface area contributed by atoms with Crippen LogP contribution in [0, 0.1) is 11.8 Å². The molecule has 3 heteroatoms. The van der Waals surface area contributed by atoms with Gasteiger partial charge in [0.25, 0.3) is 0 Å². The van der Waals surface area contributed by atoms with Crippen molar-refractivity contribution in [1.82, 2.24) is 4.90 Å². The number of benzene rings is 1. The molecule has 3 atom stereocenters. The summed E-state index contributed by atoms with van der Waals surface area (Å²) in [5, 5.41) is 9.83. The molecule has 3 nitrogen and oxygen atoms in total. The lowest BCUT2D eigenvalue weighted by Gasteiger charge is -2.53. The maximum Gasteiger partial charge on any atom is 0.180 e. The first-order valence-corrected chi connectivity index (χ1v) is 8.12. The van der Waals surface area contributed by atoms with Crippen LogP contribution in [0.5, 0.6) is 5.75 Å². The van der Waals surface area contributed by atoms with Gasteiger partial charge in [-0.2, -0.15) is 0 Å². The number of hydrogen-bond donors (Lipinski definition) is 1. The van der Waals surface area contributed by atoms with Crippen molar-refractivity contribution in [2.45, 2.75) is 44.6 Å². The van der Waals surface area contributed by atoms with Crippen LogP contribution in [0.25, 0.3) is 0 Å². The van der Waals surface area contributed by atoms with Crippen LogP contribution >= 0.6 is 0 Å². The predicted octanol–water partition coefficient (Wildman–Crippen LogP) is 2.97. The van der Waals surface area contributed by atoms with Gasteiger partial charge in [-0.25, -0.2) is 0 Å². The lowest BCUT2D eigenvalue weighted by Crippen LogP contribution is -2.61. The van der Waals surface area contributed by atoms with E-state index >= 15 is 0 Å². The topological polar surface area (TPSA) is 40.5 Å². The molecule has 0 amide bonds. The van der Waals surface area contributed by atoms with E-state index in [0.717, 1.165) is 36.6 Å². The molecule has 4 rings (SSSR count). The van der Waals surface area contributed by atoms with Gasteiger partial charge < -0.3 is 5.11 Å². The van der Waals surface area contributed by atoms with E-state index in [0.29, 0.717) is 5.92 Å². The van der Waals surface area contributed by atoms with Crippen LogP contribution in [-0.2, 0) is 5.41 Å². The van der Waals surface area contributed by atoms with Crippen molar-refractivity contribution in [1.29, 1.82) is 0 Å². The molecular weight excluding hydrogens is 262 g/mol. The number of rotatable bonds is 2. The molecule has 0 aromatic heterocycles. The van der Waals surface area contributed by atoms with Gasteiger partial charge >= 0.3 is 0 Å². The molecule has 21 heavy (non-hydrogen) atoms. The SMILES string of the molecule is CC1C2C(=O)c3ccc(O)cc3C1(C)CCN2CC1CC1. The Morgan fingerprint density at radius 2 is 2.14 bits per heavy atom. The number of Topliss-reactive ketones (excluding diaryl/α,β-unsaturated/α-hetero) is 1. The van der Waals surface area contributed by atoms with Crippen molar-refractivity contribution in [2.75, 3.05) is 13.1 Å². The number of piperidine rings is 1. The van der Waals surface area contributed by atoms with Gasteiger partial charge in [0.05, 0.1) is 6.04 Å². The molecule has 1 aromatic carbocycles. The molecule has 1 aromatic rings. The third kappa shape index (κ3) is 1.87. The van der Waals surface area contributed by atoms with Crippen molar-refractivity contribution in [3.05, 3.63) is 29.3 Å². The number of hydrogen-bond acceptors (Lipinski definition) is 3. The van der Waals surface area contributed by atoms with Gasteiger partial charge in [0.1, 0.15) is 5.75 Å². The van der Waals surface area contributed by atoms with Gasteiger partial charge in [0.2, 0.25) is 0 Å². The minimum atomic E-state index is 0.00665. The minimum Gasteiger partial charge on any atom is -0.508 e. The fourth-order valence-electron chi connectivity index (χ4n) is 4.40. The average Bonchev–Trinajstić information content (AvgIpc) is 3.25. The van der Waals surface area contributed by atoms with E-state index in [4.69, 9.17) is 0 Å². The van der Waals surface area contributed by atoms with Crippen LogP contribution in [0.2, 0.25) is 0 Å². The largest absolute Gasteiger partial charge is 0.508 e. The van der Waals surface area contributed by atoms with Crippen molar-refractivity contribution >= 4 is 5.78 Å². The standard InChI is InChI=1S/C18H23NO2/c1-11-16-17(21)14-6-5-13(20)9-15(14)18(11,2)7-8-19(16)10-12-3-4-12/h5-6,9,11-12,16,20H,3-4,7-8,10H2,1-2H3. The van der Waals surface area contributed by atoms with Gasteiger partial charge in [-0.15, -0.1) is 0 Å². The van der Waals surface area contributed by atoms with E-state index in [-0.39, 0.29) is 23.0 Å². The first-order chi connectivity index (χ1) is 10.0. The molecule has 3 aliphatic rings. The average molecular weight is 285 g/mol. The molecule has 0 radical (unpaired) electrons. The molecule has 1 aliphatic heterocycles. The van der Waals surface area contributed by atoms with Crippen LogP contribution in [-0.4, -0.2) is 34.9 Å². The summed E-state index contributed by atoms with van der Waals surface area (Å²) in [6.45, 7) is 6.57. The number of carbonyl (C=O) groups is 1. The van der Waals surface area contributed by atoms with Crippen molar-refractivity contribution < 1.29 is 9.90 Å². The summed E-state index contributed by atoms with van der Waals surface area (Å²) in [5.41, 5.74) is 1.90. The molecule has 2 aliphatic carbocycles. The Morgan fingerprint density at radius 3 is 2.86 bits per heavy atom. The molecule has 1 saturated heterocycles. The lowest BCUT2D eigenvalue weighted by atomic mass is 9.58. The smallest absolute Gasteiger partial charge is 0.180 e. The van der Waals surface area contributed by atoms with Crippen LogP contribution in [0.4, 0.5) is 0 Å². The second-order valence-corrected chi connectivity index (χ2v) is 7.43. The van der Waals surface area contributed by atoms with Gasteiger partial charge in [-0.3, -0.25) is 9.69 Å². The summed E-state index contributed by atoms with van der Waals surface area (Å²) >= 11 is 0. The summed E-state index contributed by atoms with van der Waals surface area (Å²) in [7, 11) is 0. The zero-order valence-corrected chi connectivity index (χ0v) is 12.8. The zero-order valence-electron chi connectivity index (χ0n) is 12.8. The Bertz CT molecular complexity index is 607. The highest BCUT2D eigenvalue weighted by molar-refractivity contribution is 6.03. The lowest BCUT2D eigenvalue weighted by molar-refractivity contribution is 0.0265. The molecule has 1 N–H and O–H groups in total. The highest BCUT2D eigenvalue weighted by Crippen LogP contribution is 2.49. The van der Waals surface area contributed by atoms with E-state index < -0.39 is 0 Å². The van der Waals surface area contributed by atoms with E-state index in [2.05, 4.69) is 18.7 Å². The zero-order chi connectivity index (χ0) is 14.8. The van der Waals surface area contributed by atoms with Crippen molar-refractivity contribution in [2.24, 2.45) is 11.8 Å². The van der Waals surface area contributed by atoms with E-state index in [9.17, 15) is 9.90 Å². The van der Waals surface area contributed by atoms with Crippen LogP contribution in [0.3, 0.4) is 0 Å². The minimum absolute atomic E-state index is 0.00665. The number of carbonyl (C=O) groups excluding carboxylic acids is 1. The van der Waals surface area contributed by atoms with Crippen molar-refractivity contribution in [3.8, 4) is 5.75 Å². The highest BCUT2D eigenvalue weighted by Gasteiger charge is 2.52. The fraction of sp³-hybridized carbons (Fsp3) is 0.611. The molecule has 2 fully saturated rings. The number of phenolic OH excluding ortho intramolecular Hbond substituents is 1. The summed E-state index contributed by atoms with van der Waals surface area (Å²) < 4.78 is 0. The molecule has 112 valence electrons. The molecular formula is C18H23NO2. The predicted molar refractivity (Wildman–Crippen MR) is 81.7 cm³/mol. The molecule has 0 spiro atoms. The van der Waals surface area contributed by atoms with E-state index in [1.165, 1.54) is 12.8 Å². The molecule has 1 saturated carbocycles. The monoisotopic (exact) mass is 285 g/mol. The second kappa shape index (κ2) is 4.33. The normalized spacial score (nSPS) is 35.6. The molecule has 3 unspecified atom stereocenters. The highest BCUT2D eigenvalue weighted by atomic mass is 16.3. The fourth-order valence-corrected chi connectivity index (χ4v) is 4.40. The van der Waals surface area contributed by atoms with E-state index in [1.54, 1.807) is 6.07 Å². The van der Waals surface area contributed by atoms with Crippen LogP contribution in [0.1, 0.15) is 49.0 Å². The Balaban J connectivity index is 1.79. The summed E-state index contributed by atoms with van der Waals surface area (Å²) in [4.78, 5) is 15.4. The van der Waals surface area contributed by atoms with Gasteiger partial charge in [-0.05, 0) is 66.8 Å². The third-order valence-corrected chi connectivity index (χ3v) is 6.13. The molecule has 2 bridgehead atoms. The second-order valence-electron chi connectivity index (χ2n) is 7.43. The van der Waals surface area contributed by atoms with Crippen LogP contribution < -0.4 is 0 Å². The van der Waals surface area contributed by atoms with Crippen molar-refractivity contribution in [3.63, 3.8) is 0 Å². The summed E-state index contributed by atoms with van der Waals surface area (Å²) in [6, 6.07) is 5.32. The Kier molecular flexibility index (Phi) is 2.74. The first-order valence-electron chi connectivity index (χ1n) is 8.12. The number of fused-ring (bicyclic) bond motifs is 4. The number of aromatic hydroxyl groups is 1. The van der Waals surface area contributed by atoms with Gasteiger partial charge in [-0.1, -0.05) is 13.8 Å². The number of nitrogens with zero attached hydrogens (tertiary/aromatic N) is 1. The Morgan fingerprint density at radius 1 is 1.38 bits per heavy atom. The molecule has 1 heterocycles. The van der Waals surface area contributed by atoms with Crippen LogP contribution in [0.15, 0.2) is 18.2 Å². The van der Waals surface area contributed by atoms with Gasteiger partial charge in [0.15, 0.2) is 5.78 Å². The summed E-state index contributed by atoms with van der Waals surface area (Å²) in [6.07, 6.45) is 3.72. The Hall–Kier alpha value is -1.35. The summed E-state index contributed by atoms with van der Waals surface area (Å²) in [5.74, 6) is 1.66. The third-order valence-electron chi connectivity index (χ3n) is 6.13. The number of phenols is 1. The van der Waals surface area contributed by atoms with Gasteiger partial charge in [0, 0.05) is 12.1 Å². The number of ketones is 1. The first kappa shape index (κ1) is 13.3. The maximum absolute atomic E-state index is 13.0. The Labute approximate surface area is 126 Å². The maximum atomic E-state index is 13.0. The van der Waals surface area contributed by atoms with E-state index in [1.807, 2.05) is 12.1 Å². The number of likely N-dealkylation sites (tertiary alicyclic amines) is 1.